The minimum absolute atomic E-state index is 0.222. The lowest BCUT2D eigenvalue weighted by molar-refractivity contribution is 0.0930. The zero-order valence-corrected chi connectivity index (χ0v) is 14.8. The molecule has 1 aromatic carbocycles. The van der Waals surface area contributed by atoms with Crippen molar-refractivity contribution in [2.45, 2.75) is 40.0 Å². The number of carbonyl (C=O) groups is 1. The SMILES string of the molecule is CCc1cccc(CC)c1CC(=S)CNC(=O)c1ccc(C)o1. The van der Waals surface area contributed by atoms with Gasteiger partial charge in [0.25, 0.3) is 5.91 Å². The second-order valence-corrected chi connectivity index (χ2v) is 6.15. The second-order valence-electron chi connectivity index (χ2n) is 5.57. The Morgan fingerprint density at radius 2 is 1.78 bits per heavy atom. The maximum atomic E-state index is 12.0. The van der Waals surface area contributed by atoms with Crippen LogP contribution >= 0.6 is 12.2 Å². The summed E-state index contributed by atoms with van der Waals surface area (Å²) < 4.78 is 5.31. The number of nitrogens with one attached hydrogen (secondary N) is 1. The topological polar surface area (TPSA) is 42.2 Å². The van der Waals surface area contributed by atoms with Crippen LogP contribution in [0.4, 0.5) is 0 Å². The van der Waals surface area contributed by atoms with Crippen molar-refractivity contribution in [3.8, 4) is 0 Å². The summed E-state index contributed by atoms with van der Waals surface area (Å²) in [6.07, 6.45) is 2.70. The predicted molar refractivity (Wildman–Crippen MR) is 97.3 cm³/mol. The highest BCUT2D eigenvalue weighted by Crippen LogP contribution is 2.18. The Kier molecular flexibility index (Phi) is 6.11. The molecule has 1 N–H and O–H groups in total. The highest BCUT2D eigenvalue weighted by Gasteiger charge is 2.12. The molecule has 0 unspecified atom stereocenters. The van der Waals surface area contributed by atoms with Gasteiger partial charge >= 0.3 is 0 Å². The van der Waals surface area contributed by atoms with Gasteiger partial charge in [0.05, 0.1) is 0 Å². The molecule has 0 fully saturated rings. The van der Waals surface area contributed by atoms with Gasteiger partial charge in [-0.1, -0.05) is 44.3 Å². The molecule has 1 heterocycles. The summed E-state index contributed by atoms with van der Waals surface area (Å²) in [4.78, 5) is 12.8. The van der Waals surface area contributed by atoms with Gasteiger partial charge < -0.3 is 9.73 Å². The van der Waals surface area contributed by atoms with Gasteiger partial charge in [-0.05, 0) is 48.6 Å². The number of amides is 1. The van der Waals surface area contributed by atoms with Gasteiger partial charge in [-0.2, -0.15) is 0 Å². The fraction of sp³-hybridized carbons (Fsp3) is 0.368. The molecule has 0 aliphatic carbocycles. The summed E-state index contributed by atoms with van der Waals surface area (Å²) in [7, 11) is 0. The summed E-state index contributed by atoms with van der Waals surface area (Å²) in [5.41, 5.74) is 3.98. The molecule has 3 nitrogen and oxygen atoms in total. The van der Waals surface area contributed by atoms with Gasteiger partial charge in [-0.3, -0.25) is 4.79 Å². The molecule has 1 aromatic heterocycles. The van der Waals surface area contributed by atoms with Crippen LogP contribution in [-0.4, -0.2) is 17.3 Å². The quantitative estimate of drug-likeness (QED) is 0.779. The van der Waals surface area contributed by atoms with Crippen molar-refractivity contribution >= 4 is 23.0 Å². The van der Waals surface area contributed by atoms with Gasteiger partial charge in [0.15, 0.2) is 5.76 Å². The summed E-state index contributed by atoms with van der Waals surface area (Å²) in [5.74, 6) is 0.829. The van der Waals surface area contributed by atoms with Crippen molar-refractivity contribution in [2.24, 2.45) is 0 Å². The first-order valence-electron chi connectivity index (χ1n) is 8.01. The molecule has 0 saturated carbocycles. The predicted octanol–water partition coefficient (Wildman–Crippen LogP) is 4.06. The van der Waals surface area contributed by atoms with Crippen molar-refractivity contribution in [2.75, 3.05) is 6.54 Å². The lowest BCUT2D eigenvalue weighted by atomic mass is 9.94. The van der Waals surface area contributed by atoms with Gasteiger partial charge in [0.1, 0.15) is 5.76 Å². The zero-order chi connectivity index (χ0) is 16.8. The third-order valence-corrected chi connectivity index (χ3v) is 4.20. The maximum absolute atomic E-state index is 12.0. The number of hydrogen-bond acceptors (Lipinski definition) is 3. The van der Waals surface area contributed by atoms with E-state index < -0.39 is 0 Å². The maximum Gasteiger partial charge on any atom is 0.287 e. The highest BCUT2D eigenvalue weighted by atomic mass is 32.1. The minimum Gasteiger partial charge on any atom is -0.456 e. The first-order chi connectivity index (χ1) is 11.0. The van der Waals surface area contributed by atoms with Crippen LogP contribution in [0.25, 0.3) is 0 Å². The first-order valence-corrected chi connectivity index (χ1v) is 8.41. The average molecular weight is 329 g/mol. The Hall–Kier alpha value is -1.94. The zero-order valence-electron chi connectivity index (χ0n) is 13.9. The van der Waals surface area contributed by atoms with E-state index in [1.165, 1.54) is 16.7 Å². The second kappa shape index (κ2) is 8.06. The van der Waals surface area contributed by atoms with E-state index in [1.54, 1.807) is 12.1 Å². The van der Waals surface area contributed by atoms with Crippen LogP contribution in [0.5, 0.6) is 0 Å². The summed E-state index contributed by atoms with van der Waals surface area (Å²) in [6.45, 7) is 6.51. The molecule has 122 valence electrons. The smallest absolute Gasteiger partial charge is 0.287 e. The normalized spacial score (nSPS) is 10.6. The molecule has 0 atom stereocenters. The molecule has 0 bridgehead atoms. The summed E-state index contributed by atoms with van der Waals surface area (Å²) in [6, 6.07) is 9.86. The number of thiocarbonyl (C=S) groups is 1. The Balaban J connectivity index is 1.99. The fourth-order valence-electron chi connectivity index (χ4n) is 2.66. The largest absolute Gasteiger partial charge is 0.456 e. The van der Waals surface area contributed by atoms with Crippen LogP contribution in [0.3, 0.4) is 0 Å². The van der Waals surface area contributed by atoms with E-state index in [1.807, 2.05) is 6.92 Å². The molecular weight excluding hydrogens is 306 g/mol. The minimum atomic E-state index is -0.222. The van der Waals surface area contributed by atoms with Crippen LogP contribution in [-0.2, 0) is 19.3 Å². The standard InChI is InChI=1S/C19H23NO2S/c1-4-14-7-6-8-15(5-2)17(14)11-16(23)12-20-19(21)18-10-9-13(3)22-18/h6-10H,4-5,11-12H2,1-3H3,(H,20,21). The number of rotatable bonds is 7. The van der Waals surface area contributed by atoms with Gasteiger partial charge in [-0.25, -0.2) is 0 Å². The Morgan fingerprint density at radius 1 is 1.13 bits per heavy atom. The summed E-state index contributed by atoms with van der Waals surface area (Å²) >= 11 is 5.48. The molecule has 0 saturated heterocycles. The first kappa shape index (κ1) is 17.4. The Bertz CT molecular complexity index is 681. The molecule has 2 rings (SSSR count). The van der Waals surface area contributed by atoms with Crippen LogP contribution < -0.4 is 5.32 Å². The molecule has 23 heavy (non-hydrogen) atoms. The number of carbonyl (C=O) groups excluding carboxylic acids is 1. The lowest BCUT2D eigenvalue weighted by Crippen LogP contribution is -2.29. The fourth-order valence-corrected chi connectivity index (χ4v) is 2.88. The van der Waals surface area contributed by atoms with Crippen molar-refractivity contribution in [1.82, 2.24) is 5.32 Å². The summed E-state index contributed by atoms with van der Waals surface area (Å²) in [5, 5.41) is 2.83. The third-order valence-electron chi connectivity index (χ3n) is 3.92. The van der Waals surface area contributed by atoms with E-state index in [0.717, 1.165) is 29.9 Å². The van der Waals surface area contributed by atoms with Crippen LogP contribution in [0.2, 0.25) is 0 Å². The lowest BCUT2D eigenvalue weighted by Gasteiger charge is -2.14. The molecule has 0 aliphatic heterocycles. The Morgan fingerprint density at radius 3 is 2.30 bits per heavy atom. The van der Waals surface area contributed by atoms with Gasteiger partial charge in [0.2, 0.25) is 0 Å². The van der Waals surface area contributed by atoms with Gasteiger partial charge in [0, 0.05) is 17.8 Å². The molecule has 0 radical (unpaired) electrons. The van der Waals surface area contributed by atoms with E-state index in [2.05, 4.69) is 37.4 Å². The van der Waals surface area contributed by atoms with Crippen LogP contribution in [0.15, 0.2) is 34.7 Å². The van der Waals surface area contributed by atoms with Crippen molar-refractivity contribution < 1.29 is 9.21 Å². The molecule has 0 spiro atoms. The van der Waals surface area contributed by atoms with Crippen LogP contribution in [0.1, 0.15) is 46.9 Å². The van der Waals surface area contributed by atoms with Crippen molar-refractivity contribution in [3.63, 3.8) is 0 Å². The molecule has 4 heteroatoms. The highest BCUT2D eigenvalue weighted by molar-refractivity contribution is 7.80. The third kappa shape index (κ3) is 4.52. The van der Waals surface area contributed by atoms with E-state index in [-0.39, 0.29) is 5.91 Å². The Labute approximate surface area is 143 Å². The number of furan rings is 1. The molecule has 0 aliphatic rings. The number of benzene rings is 1. The number of hydrogen-bond donors (Lipinski definition) is 1. The molecular formula is C19H23NO2S. The average Bonchev–Trinajstić information content (AvgIpc) is 2.99. The van der Waals surface area contributed by atoms with Crippen molar-refractivity contribution in [1.29, 1.82) is 0 Å². The van der Waals surface area contributed by atoms with Gasteiger partial charge in [-0.15, -0.1) is 0 Å². The van der Waals surface area contributed by atoms with Crippen LogP contribution in [0, 0.1) is 6.92 Å². The monoisotopic (exact) mass is 329 g/mol. The van der Waals surface area contributed by atoms with E-state index in [0.29, 0.717) is 12.3 Å². The van der Waals surface area contributed by atoms with E-state index in [9.17, 15) is 4.79 Å². The number of aryl methyl sites for hydroxylation is 3. The van der Waals surface area contributed by atoms with Crippen molar-refractivity contribution in [3.05, 3.63) is 58.5 Å². The van der Waals surface area contributed by atoms with E-state index in [4.69, 9.17) is 16.6 Å². The van der Waals surface area contributed by atoms with E-state index >= 15 is 0 Å². The molecule has 2 aromatic rings. The molecule has 1 amide bonds.